The van der Waals surface area contributed by atoms with Gasteiger partial charge >= 0.3 is 0 Å². The Kier molecular flexibility index (Phi) is 5.66. The second-order valence-electron chi connectivity index (χ2n) is 5.83. The molecule has 2 aromatic carbocycles. The van der Waals surface area contributed by atoms with Crippen molar-refractivity contribution in [1.29, 1.82) is 0 Å². The summed E-state index contributed by atoms with van der Waals surface area (Å²) in [4.78, 5) is 14.0. The van der Waals surface area contributed by atoms with Gasteiger partial charge < -0.3 is 4.74 Å². The van der Waals surface area contributed by atoms with E-state index >= 15 is 0 Å². The molecule has 3 rings (SSSR count). The second-order valence-corrected chi connectivity index (χ2v) is 7.56. The number of hydrogen-bond donors (Lipinski definition) is 1. The zero-order valence-corrected chi connectivity index (χ0v) is 15.7. The number of nitrogens with zero attached hydrogens (tertiary/aromatic N) is 4. The van der Waals surface area contributed by atoms with Crippen molar-refractivity contribution in [3.8, 4) is 5.75 Å². The van der Waals surface area contributed by atoms with E-state index in [0.29, 0.717) is 12.1 Å². The zero-order valence-electron chi connectivity index (χ0n) is 14.8. The van der Waals surface area contributed by atoms with Crippen LogP contribution in [-0.2, 0) is 23.1 Å². The van der Waals surface area contributed by atoms with Crippen LogP contribution in [0.25, 0.3) is 0 Å². The number of methoxy groups -OCH3 is 1. The van der Waals surface area contributed by atoms with Crippen LogP contribution in [0.5, 0.6) is 5.75 Å². The van der Waals surface area contributed by atoms with Crippen molar-refractivity contribution in [3.63, 3.8) is 0 Å². The van der Waals surface area contributed by atoms with E-state index in [-0.39, 0.29) is 12.3 Å². The van der Waals surface area contributed by atoms with Crippen LogP contribution in [0, 0.1) is 10.1 Å². The highest BCUT2D eigenvalue weighted by molar-refractivity contribution is 7.89. The normalized spacial score (nSPS) is 11.3. The molecule has 0 fully saturated rings. The first-order valence-corrected chi connectivity index (χ1v) is 9.59. The topological polar surface area (TPSA) is 129 Å². The molecule has 1 N–H and O–H groups in total. The maximum absolute atomic E-state index is 12.6. The number of ether oxygens (including phenoxy) is 1. The first-order chi connectivity index (χ1) is 13.4. The summed E-state index contributed by atoms with van der Waals surface area (Å²) in [6.07, 6.45) is 3.01. The van der Waals surface area contributed by atoms with E-state index in [4.69, 9.17) is 4.74 Å². The lowest BCUT2D eigenvalue weighted by molar-refractivity contribution is -0.387. The Morgan fingerprint density at radius 1 is 1.21 bits per heavy atom. The van der Waals surface area contributed by atoms with Gasteiger partial charge in [-0.05, 0) is 23.3 Å². The van der Waals surface area contributed by atoms with Crippen molar-refractivity contribution >= 4 is 15.7 Å². The molecule has 1 heterocycles. The largest absolute Gasteiger partial charge is 0.497 e. The van der Waals surface area contributed by atoms with Gasteiger partial charge in [0.25, 0.3) is 5.69 Å². The summed E-state index contributed by atoms with van der Waals surface area (Å²) in [5.74, 6) is 0.200. The maximum atomic E-state index is 12.6. The van der Waals surface area contributed by atoms with Gasteiger partial charge in [-0.3, -0.25) is 10.1 Å². The predicted molar refractivity (Wildman–Crippen MR) is 99.2 cm³/mol. The first-order valence-electron chi connectivity index (χ1n) is 8.11. The van der Waals surface area contributed by atoms with E-state index in [1.807, 2.05) is 12.1 Å². The summed E-state index contributed by atoms with van der Waals surface area (Å²) >= 11 is 0. The molecule has 0 aliphatic carbocycles. The highest BCUT2D eigenvalue weighted by Gasteiger charge is 2.26. The predicted octanol–water partition coefficient (Wildman–Crippen LogP) is 1.72. The van der Waals surface area contributed by atoms with Crippen LogP contribution in [0.15, 0.2) is 60.0 Å². The van der Waals surface area contributed by atoms with Gasteiger partial charge in [-0.15, -0.1) is 0 Å². The van der Waals surface area contributed by atoms with Gasteiger partial charge in [0.2, 0.25) is 10.0 Å². The number of aromatic nitrogens is 3. The molecular weight excluding hydrogens is 386 g/mol. The molecular formula is C17H17N5O5S. The van der Waals surface area contributed by atoms with Gasteiger partial charge in [0.05, 0.1) is 24.6 Å². The van der Waals surface area contributed by atoms with E-state index in [1.165, 1.54) is 19.5 Å². The smallest absolute Gasteiger partial charge is 0.293 e. The van der Waals surface area contributed by atoms with Crippen molar-refractivity contribution in [2.75, 3.05) is 7.11 Å². The molecule has 0 aliphatic rings. The fraction of sp³-hybridized carbons (Fsp3) is 0.176. The molecule has 0 spiro atoms. The lowest BCUT2D eigenvalue weighted by atomic mass is 10.1. The molecule has 0 atom stereocenters. The Morgan fingerprint density at radius 3 is 2.68 bits per heavy atom. The third kappa shape index (κ3) is 4.50. The molecule has 0 bridgehead atoms. The van der Waals surface area contributed by atoms with Crippen LogP contribution >= 0.6 is 0 Å². The number of hydrogen-bond acceptors (Lipinski definition) is 7. The maximum Gasteiger partial charge on any atom is 0.293 e. The fourth-order valence-corrected chi connectivity index (χ4v) is 3.76. The summed E-state index contributed by atoms with van der Waals surface area (Å²) in [6, 6.07) is 10.9. The van der Waals surface area contributed by atoms with E-state index in [2.05, 4.69) is 14.8 Å². The van der Waals surface area contributed by atoms with Crippen LogP contribution in [0.4, 0.5) is 5.69 Å². The Balaban J connectivity index is 1.78. The van der Waals surface area contributed by atoms with Gasteiger partial charge in [-0.25, -0.2) is 22.8 Å². The molecule has 146 valence electrons. The number of nitro benzene ring substituents is 1. The summed E-state index contributed by atoms with van der Waals surface area (Å²) < 4.78 is 34.2. The SMILES string of the molecule is COc1ccc(S(=O)(=O)NCc2cccc(Cn3cncn3)c2)c([N+](=O)[O-])c1. The molecule has 3 aromatic rings. The summed E-state index contributed by atoms with van der Waals surface area (Å²) in [7, 11) is -2.75. The molecule has 1 aromatic heterocycles. The quantitative estimate of drug-likeness (QED) is 0.448. The number of benzene rings is 2. The monoisotopic (exact) mass is 403 g/mol. The average molecular weight is 403 g/mol. The van der Waals surface area contributed by atoms with Gasteiger partial charge in [0.15, 0.2) is 4.90 Å². The molecule has 0 saturated carbocycles. The summed E-state index contributed by atoms with van der Waals surface area (Å²) in [5.41, 5.74) is 1.07. The molecule has 0 aliphatic heterocycles. The molecule has 28 heavy (non-hydrogen) atoms. The molecule has 0 saturated heterocycles. The Hall–Kier alpha value is -3.31. The number of nitrogens with one attached hydrogen (secondary N) is 1. The van der Waals surface area contributed by atoms with Crippen molar-refractivity contribution < 1.29 is 18.1 Å². The standard InChI is InChI=1S/C17H17N5O5S/c1-27-15-5-6-17(16(8-15)22(23)24)28(25,26)20-9-13-3-2-4-14(7-13)10-21-12-18-11-19-21/h2-8,11-12,20H,9-10H2,1H3. The lowest BCUT2D eigenvalue weighted by Crippen LogP contribution is -2.24. The molecule has 11 heteroatoms. The van der Waals surface area contributed by atoms with E-state index in [0.717, 1.165) is 17.7 Å². The molecule has 0 unspecified atom stereocenters. The number of nitro groups is 1. The van der Waals surface area contributed by atoms with Gasteiger partial charge in [0, 0.05) is 6.54 Å². The Bertz CT molecular complexity index is 1080. The summed E-state index contributed by atoms with van der Waals surface area (Å²) in [5, 5.41) is 15.3. The molecule has 10 nitrogen and oxygen atoms in total. The minimum absolute atomic E-state index is 0.0171. The average Bonchev–Trinajstić information content (AvgIpc) is 3.19. The van der Waals surface area contributed by atoms with E-state index in [9.17, 15) is 18.5 Å². The van der Waals surface area contributed by atoms with Gasteiger partial charge in [0.1, 0.15) is 18.4 Å². The van der Waals surface area contributed by atoms with E-state index < -0.39 is 25.5 Å². The van der Waals surface area contributed by atoms with Crippen LogP contribution in [0.3, 0.4) is 0 Å². The Morgan fingerprint density at radius 2 is 2.00 bits per heavy atom. The highest BCUT2D eigenvalue weighted by atomic mass is 32.2. The van der Waals surface area contributed by atoms with Gasteiger partial charge in [-0.1, -0.05) is 24.3 Å². The Labute approximate surface area is 161 Å². The minimum atomic E-state index is -4.10. The third-order valence-electron chi connectivity index (χ3n) is 3.92. The first kappa shape index (κ1) is 19.5. The third-order valence-corrected chi connectivity index (χ3v) is 5.37. The second kappa shape index (κ2) is 8.15. The molecule has 0 radical (unpaired) electrons. The van der Waals surface area contributed by atoms with Crippen molar-refractivity contribution in [2.45, 2.75) is 18.0 Å². The van der Waals surface area contributed by atoms with Crippen molar-refractivity contribution in [2.24, 2.45) is 0 Å². The zero-order chi connectivity index (χ0) is 20.1. The fourth-order valence-electron chi connectivity index (χ4n) is 2.59. The van der Waals surface area contributed by atoms with E-state index in [1.54, 1.807) is 23.1 Å². The summed E-state index contributed by atoms with van der Waals surface area (Å²) in [6.45, 7) is 0.473. The van der Waals surface area contributed by atoms with Crippen LogP contribution in [-0.4, -0.2) is 35.2 Å². The van der Waals surface area contributed by atoms with Crippen molar-refractivity contribution in [1.82, 2.24) is 19.5 Å². The van der Waals surface area contributed by atoms with Crippen LogP contribution in [0.1, 0.15) is 11.1 Å². The minimum Gasteiger partial charge on any atom is -0.497 e. The highest BCUT2D eigenvalue weighted by Crippen LogP contribution is 2.28. The number of sulfonamides is 1. The number of rotatable bonds is 8. The molecule has 0 amide bonds. The van der Waals surface area contributed by atoms with Crippen LogP contribution < -0.4 is 9.46 Å². The lowest BCUT2D eigenvalue weighted by Gasteiger charge is -2.10. The van der Waals surface area contributed by atoms with Crippen molar-refractivity contribution in [3.05, 3.63) is 76.4 Å². The van der Waals surface area contributed by atoms with Crippen LogP contribution in [0.2, 0.25) is 0 Å². The van der Waals surface area contributed by atoms with Gasteiger partial charge in [-0.2, -0.15) is 5.10 Å².